The number of hydrogen-bond donors (Lipinski definition) is 1. The molecule has 1 fully saturated rings. The van der Waals surface area contributed by atoms with Gasteiger partial charge in [-0.2, -0.15) is 0 Å². The Bertz CT molecular complexity index is 572. The number of aromatic nitrogens is 2. The molecule has 2 heterocycles. The molecule has 0 saturated carbocycles. The number of nitrogens with zero attached hydrogens (tertiary/aromatic N) is 1. The van der Waals surface area contributed by atoms with Crippen LogP contribution in [-0.4, -0.2) is 28.0 Å². The zero-order valence-corrected chi connectivity index (χ0v) is 10.4. The van der Waals surface area contributed by atoms with E-state index in [1.807, 2.05) is 6.92 Å². The van der Waals surface area contributed by atoms with Crippen LogP contribution in [0.25, 0.3) is 0 Å². The van der Waals surface area contributed by atoms with Gasteiger partial charge in [0.05, 0.1) is 11.7 Å². The monoisotopic (exact) mass is 252 g/mol. The molecule has 1 aliphatic heterocycles. The quantitative estimate of drug-likeness (QED) is 0.777. The molecule has 1 aromatic rings. The Hall–Kier alpha value is -1.69. The Morgan fingerprint density at radius 1 is 1.56 bits per heavy atom. The fourth-order valence-corrected chi connectivity index (χ4v) is 2.18. The lowest BCUT2D eigenvalue weighted by Gasteiger charge is -2.14. The summed E-state index contributed by atoms with van der Waals surface area (Å²) < 4.78 is 6.49. The summed E-state index contributed by atoms with van der Waals surface area (Å²) in [5.41, 5.74) is -0.990. The van der Waals surface area contributed by atoms with E-state index in [0.717, 1.165) is 11.0 Å². The minimum Gasteiger partial charge on any atom is -0.378 e. The zero-order chi connectivity index (χ0) is 13.3. The maximum absolute atomic E-state index is 12.0. The molecular formula is C12H16N2O4. The average molecular weight is 252 g/mol. The molecule has 1 aromatic heterocycles. The molecule has 2 unspecified atom stereocenters. The van der Waals surface area contributed by atoms with Gasteiger partial charge in [0.2, 0.25) is 0 Å². The van der Waals surface area contributed by atoms with Gasteiger partial charge in [-0.3, -0.25) is 14.2 Å². The lowest BCUT2D eigenvalue weighted by atomic mass is 10.0. The van der Waals surface area contributed by atoms with E-state index in [4.69, 9.17) is 4.74 Å². The predicted octanol–water partition coefficient (Wildman–Crippen LogP) is 0.164. The van der Waals surface area contributed by atoms with Crippen molar-refractivity contribution in [1.29, 1.82) is 0 Å². The molecule has 2 rings (SSSR count). The smallest absolute Gasteiger partial charge is 0.328 e. The fraction of sp³-hybridized carbons (Fsp3) is 0.583. The third kappa shape index (κ3) is 2.28. The van der Waals surface area contributed by atoms with Crippen molar-refractivity contribution < 1.29 is 9.53 Å². The van der Waals surface area contributed by atoms with Gasteiger partial charge >= 0.3 is 5.69 Å². The van der Waals surface area contributed by atoms with Crippen LogP contribution in [0.2, 0.25) is 0 Å². The van der Waals surface area contributed by atoms with Crippen molar-refractivity contribution in [2.75, 3.05) is 6.61 Å². The highest BCUT2D eigenvalue weighted by Gasteiger charge is 2.26. The van der Waals surface area contributed by atoms with Gasteiger partial charge in [0.25, 0.3) is 5.56 Å². The van der Waals surface area contributed by atoms with Crippen molar-refractivity contribution in [1.82, 2.24) is 9.55 Å². The van der Waals surface area contributed by atoms with E-state index in [1.165, 1.54) is 13.1 Å². The molecule has 0 bridgehead atoms. The number of aromatic amines is 1. The Morgan fingerprint density at radius 3 is 2.83 bits per heavy atom. The molecule has 1 N–H and O–H groups in total. The van der Waals surface area contributed by atoms with Gasteiger partial charge < -0.3 is 9.72 Å². The van der Waals surface area contributed by atoms with Crippen LogP contribution in [-0.2, 0) is 11.3 Å². The largest absolute Gasteiger partial charge is 0.378 e. The van der Waals surface area contributed by atoms with Crippen LogP contribution >= 0.6 is 0 Å². The van der Waals surface area contributed by atoms with Gasteiger partial charge in [0, 0.05) is 25.3 Å². The number of H-pyrrole nitrogens is 1. The highest BCUT2D eigenvalue weighted by atomic mass is 16.5. The number of ketones is 1. The summed E-state index contributed by atoms with van der Waals surface area (Å²) in [4.78, 5) is 37.4. The van der Waals surface area contributed by atoms with Crippen LogP contribution in [0, 0.1) is 5.92 Å². The van der Waals surface area contributed by atoms with E-state index in [1.54, 1.807) is 0 Å². The molecule has 6 nitrogen and oxygen atoms in total. The average Bonchev–Trinajstić information content (AvgIpc) is 2.69. The molecule has 98 valence electrons. The van der Waals surface area contributed by atoms with E-state index in [0.29, 0.717) is 6.61 Å². The number of hydrogen-bond acceptors (Lipinski definition) is 4. The first kappa shape index (κ1) is 12.8. The van der Waals surface area contributed by atoms with Crippen molar-refractivity contribution in [3.8, 4) is 0 Å². The summed E-state index contributed by atoms with van der Waals surface area (Å²) in [6.45, 7) is 4.16. The lowest BCUT2D eigenvalue weighted by molar-refractivity contribution is 0.100. The Kier molecular flexibility index (Phi) is 3.47. The zero-order valence-electron chi connectivity index (χ0n) is 10.4. The summed E-state index contributed by atoms with van der Waals surface area (Å²) in [5, 5.41) is 0. The molecule has 0 radical (unpaired) electrons. The van der Waals surface area contributed by atoms with Crippen LogP contribution in [0.1, 0.15) is 30.6 Å². The van der Waals surface area contributed by atoms with Gasteiger partial charge in [-0.25, -0.2) is 4.79 Å². The highest BCUT2D eigenvalue weighted by molar-refractivity contribution is 5.93. The molecule has 0 aliphatic carbocycles. The fourth-order valence-electron chi connectivity index (χ4n) is 2.18. The highest BCUT2D eigenvalue weighted by Crippen LogP contribution is 2.21. The third-order valence-electron chi connectivity index (χ3n) is 3.39. The lowest BCUT2D eigenvalue weighted by Crippen LogP contribution is -2.40. The minimum absolute atomic E-state index is 0.0150. The second kappa shape index (κ2) is 4.89. The van der Waals surface area contributed by atoms with Gasteiger partial charge in [0.15, 0.2) is 5.78 Å². The van der Waals surface area contributed by atoms with Crippen LogP contribution in [0.5, 0.6) is 0 Å². The molecular weight excluding hydrogens is 236 g/mol. The summed E-state index contributed by atoms with van der Waals surface area (Å²) in [7, 11) is 0. The number of carbonyl (C=O) groups is 1. The first-order valence-electron chi connectivity index (χ1n) is 5.95. The van der Waals surface area contributed by atoms with Crippen molar-refractivity contribution in [3.63, 3.8) is 0 Å². The summed E-state index contributed by atoms with van der Waals surface area (Å²) in [6.07, 6.45) is 2.02. The Labute approximate surface area is 104 Å². The van der Waals surface area contributed by atoms with Crippen LogP contribution in [0.15, 0.2) is 15.8 Å². The molecule has 6 heteroatoms. The maximum atomic E-state index is 12.0. The van der Waals surface area contributed by atoms with E-state index < -0.39 is 11.2 Å². The normalized spacial score (nSPS) is 23.2. The summed E-state index contributed by atoms with van der Waals surface area (Å²) >= 11 is 0. The molecule has 18 heavy (non-hydrogen) atoms. The molecule has 0 spiro atoms. The second-order valence-corrected chi connectivity index (χ2v) is 4.60. The minimum atomic E-state index is -0.523. The van der Waals surface area contributed by atoms with Crippen molar-refractivity contribution in [2.24, 2.45) is 5.92 Å². The topological polar surface area (TPSA) is 81.2 Å². The molecule has 1 saturated heterocycles. The summed E-state index contributed by atoms with van der Waals surface area (Å²) in [5.74, 6) is -0.216. The van der Waals surface area contributed by atoms with Crippen LogP contribution in [0.4, 0.5) is 0 Å². The number of ether oxygens (including phenoxy) is 1. The predicted molar refractivity (Wildman–Crippen MR) is 64.8 cm³/mol. The van der Waals surface area contributed by atoms with Crippen molar-refractivity contribution >= 4 is 5.78 Å². The number of nitrogens with one attached hydrogen (secondary N) is 1. The van der Waals surface area contributed by atoms with Gasteiger partial charge in [-0.05, 0) is 20.3 Å². The van der Waals surface area contributed by atoms with E-state index >= 15 is 0 Å². The third-order valence-corrected chi connectivity index (χ3v) is 3.39. The SMILES string of the molecule is CC(=O)c1c[nH]c(=O)n(CC2CCOC2C)c1=O. The number of Topliss-reactive ketones (excluding diaryl/α,β-unsaturated/α-hetero) is 1. The van der Waals surface area contributed by atoms with Crippen LogP contribution < -0.4 is 11.2 Å². The van der Waals surface area contributed by atoms with Gasteiger partial charge in [-0.15, -0.1) is 0 Å². The van der Waals surface area contributed by atoms with E-state index in [-0.39, 0.29) is 29.9 Å². The molecule has 0 aromatic carbocycles. The summed E-state index contributed by atoms with van der Waals surface area (Å²) in [6, 6.07) is 0. The Morgan fingerprint density at radius 2 is 2.28 bits per heavy atom. The molecule has 2 atom stereocenters. The van der Waals surface area contributed by atoms with E-state index in [9.17, 15) is 14.4 Å². The first-order valence-corrected chi connectivity index (χ1v) is 5.95. The van der Waals surface area contributed by atoms with Gasteiger partial charge in [-0.1, -0.05) is 0 Å². The maximum Gasteiger partial charge on any atom is 0.328 e. The standard InChI is InChI=1S/C12H16N2O4/c1-7(15)10-5-13-12(17)14(11(10)16)6-9-3-4-18-8(9)2/h5,8-9H,3-4,6H2,1-2H3,(H,13,17). The van der Waals surface area contributed by atoms with Gasteiger partial charge in [0.1, 0.15) is 0 Å². The van der Waals surface area contributed by atoms with Crippen LogP contribution in [0.3, 0.4) is 0 Å². The molecule has 0 amide bonds. The number of rotatable bonds is 3. The first-order chi connectivity index (χ1) is 8.50. The van der Waals surface area contributed by atoms with Crippen molar-refractivity contribution in [2.45, 2.75) is 32.9 Å². The molecule has 1 aliphatic rings. The second-order valence-electron chi connectivity index (χ2n) is 4.60. The number of carbonyl (C=O) groups excluding carboxylic acids is 1. The van der Waals surface area contributed by atoms with Crippen molar-refractivity contribution in [3.05, 3.63) is 32.6 Å². The van der Waals surface area contributed by atoms with E-state index in [2.05, 4.69) is 4.98 Å². The Balaban J connectivity index is 2.38.